The Balaban J connectivity index is 1.71. The predicted octanol–water partition coefficient (Wildman–Crippen LogP) is 6.94. The number of aromatic nitrogens is 2. The summed E-state index contributed by atoms with van der Waals surface area (Å²) >= 11 is 12.5. The standard InChI is InChI=1S/C28H27ClN4S/c1-17-13-18(2)15-21(14-17)33-27(26(31-28(33)34)24-10-7-8-12-30-24)22-16-19(3)32(20(22)4)25-11-6-5-9-23(25)29/h5-16,26-27H,1-4H3,(H,31,34)/t26-,27+/m0/s1. The number of rotatable bonds is 4. The van der Waals surface area contributed by atoms with E-state index < -0.39 is 0 Å². The van der Waals surface area contributed by atoms with Gasteiger partial charge in [-0.2, -0.15) is 0 Å². The van der Waals surface area contributed by atoms with Crippen LogP contribution in [-0.2, 0) is 0 Å². The molecule has 0 aliphatic carbocycles. The van der Waals surface area contributed by atoms with E-state index in [9.17, 15) is 0 Å². The summed E-state index contributed by atoms with van der Waals surface area (Å²) in [6.45, 7) is 8.52. The molecular weight excluding hydrogens is 460 g/mol. The van der Waals surface area contributed by atoms with Crippen LogP contribution in [0.4, 0.5) is 5.69 Å². The zero-order chi connectivity index (χ0) is 24.0. The van der Waals surface area contributed by atoms with E-state index in [1.165, 1.54) is 16.7 Å². The van der Waals surface area contributed by atoms with Crippen LogP contribution in [0, 0.1) is 27.7 Å². The lowest BCUT2D eigenvalue weighted by Gasteiger charge is -2.29. The summed E-state index contributed by atoms with van der Waals surface area (Å²) in [5.41, 5.74) is 8.89. The molecular formula is C28H27ClN4S. The van der Waals surface area contributed by atoms with Gasteiger partial charge in [0.05, 0.1) is 28.5 Å². The number of benzene rings is 2. The number of nitrogens with one attached hydrogen (secondary N) is 1. The Morgan fingerprint density at radius 3 is 2.29 bits per heavy atom. The number of para-hydroxylation sites is 1. The molecule has 0 bridgehead atoms. The van der Waals surface area contributed by atoms with Crippen LogP contribution in [0.15, 0.2) is 72.9 Å². The summed E-state index contributed by atoms with van der Waals surface area (Å²) in [6.07, 6.45) is 1.84. The van der Waals surface area contributed by atoms with Gasteiger partial charge in [-0.15, -0.1) is 0 Å². The molecule has 1 saturated heterocycles. The molecule has 1 aliphatic heterocycles. The maximum Gasteiger partial charge on any atom is 0.174 e. The van der Waals surface area contributed by atoms with Crippen molar-refractivity contribution >= 4 is 34.6 Å². The van der Waals surface area contributed by atoms with Gasteiger partial charge < -0.3 is 14.8 Å². The van der Waals surface area contributed by atoms with Gasteiger partial charge in [-0.1, -0.05) is 35.9 Å². The first-order valence-electron chi connectivity index (χ1n) is 11.4. The van der Waals surface area contributed by atoms with Crippen molar-refractivity contribution in [2.24, 2.45) is 0 Å². The average molecular weight is 487 g/mol. The number of hydrogen-bond donors (Lipinski definition) is 1. The lowest BCUT2D eigenvalue weighted by Crippen LogP contribution is -2.29. The summed E-state index contributed by atoms with van der Waals surface area (Å²) in [4.78, 5) is 6.93. The second-order valence-electron chi connectivity index (χ2n) is 8.96. The molecule has 2 aromatic heterocycles. The third-order valence-corrected chi connectivity index (χ3v) is 7.10. The van der Waals surface area contributed by atoms with E-state index in [1.807, 2.05) is 36.5 Å². The first-order chi connectivity index (χ1) is 16.3. The minimum atomic E-state index is -0.0882. The zero-order valence-electron chi connectivity index (χ0n) is 19.7. The van der Waals surface area contributed by atoms with Crippen LogP contribution in [0.1, 0.15) is 45.9 Å². The smallest absolute Gasteiger partial charge is 0.174 e. The van der Waals surface area contributed by atoms with Crippen molar-refractivity contribution in [3.05, 3.63) is 112 Å². The minimum absolute atomic E-state index is 0.0639. The zero-order valence-corrected chi connectivity index (χ0v) is 21.3. The van der Waals surface area contributed by atoms with Crippen LogP contribution < -0.4 is 10.2 Å². The normalized spacial score (nSPS) is 17.8. The molecule has 6 heteroatoms. The monoisotopic (exact) mass is 486 g/mol. The average Bonchev–Trinajstić information content (AvgIpc) is 3.29. The minimum Gasteiger partial charge on any atom is -0.351 e. The molecule has 0 amide bonds. The van der Waals surface area contributed by atoms with E-state index in [1.54, 1.807) is 0 Å². The van der Waals surface area contributed by atoms with E-state index in [0.717, 1.165) is 33.5 Å². The Morgan fingerprint density at radius 2 is 1.62 bits per heavy atom. The number of anilines is 1. The number of thiocarbonyl (C=S) groups is 1. The van der Waals surface area contributed by atoms with Gasteiger partial charge in [0, 0.05) is 23.3 Å². The van der Waals surface area contributed by atoms with E-state index in [4.69, 9.17) is 23.8 Å². The summed E-state index contributed by atoms with van der Waals surface area (Å²) < 4.78 is 2.23. The highest BCUT2D eigenvalue weighted by molar-refractivity contribution is 7.80. The van der Waals surface area contributed by atoms with E-state index in [2.05, 4.69) is 83.9 Å². The van der Waals surface area contributed by atoms with Gasteiger partial charge in [-0.25, -0.2) is 0 Å². The third kappa shape index (κ3) is 3.89. The van der Waals surface area contributed by atoms with Gasteiger partial charge in [0.15, 0.2) is 5.11 Å². The largest absolute Gasteiger partial charge is 0.351 e. The molecule has 0 spiro atoms. The van der Waals surface area contributed by atoms with Gasteiger partial charge in [0.2, 0.25) is 0 Å². The summed E-state index contributed by atoms with van der Waals surface area (Å²) in [7, 11) is 0. The molecule has 34 heavy (non-hydrogen) atoms. The van der Waals surface area contributed by atoms with E-state index >= 15 is 0 Å². The SMILES string of the molecule is Cc1cc(C)cc(N2C(=S)N[C@@H](c3ccccn3)[C@H]2c2cc(C)n(-c3ccccc3Cl)c2C)c1. The lowest BCUT2D eigenvalue weighted by atomic mass is 9.96. The van der Waals surface area contributed by atoms with E-state index in [0.29, 0.717) is 5.11 Å². The van der Waals surface area contributed by atoms with Gasteiger partial charge in [-0.3, -0.25) is 4.98 Å². The highest BCUT2D eigenvalue weighted by Gasteiger charge is 2.42. The van der Waals surface area contributed by atoms with Crippen molar-refractivity contribution < 1.29 is 0 Å². The molecule has 2 aromatic carbocycles. The molecule has 4 nitrogen and oxygen atoms in total. The third-order valence-electron chi connectivity index (χ3n) is 6.46. The number of pyridine rings is 1. The van der Waals surface area contributed by atoms with Crippen molar-refractivity contribution in [3.8, 4) is 5.69 Å². The Kier molecular flexibility index (Phi) is 5.92. The maximum absolute atomic E-state index is 6.60. The second kappa shape index (κ2) is 8.90. The van der Waals surface area contributed by atoms with Crippen molar-refractivity contribution in [1.29, 1.82) is 0 Å². The summed E-state index contributed by atoms with van der Waals surface area (Å²) in [5.74, 6) is 0. The molecule has 1 fully saturated rings. The number of hydrogen-bond acceptors (Lipinski definition) is 2. The molecule has 3 heterocycles. The molecule has 5 rings (SSSR count). The van der Waals surface area contributed by atoms with Crippen molar-refractivity contribution in [2.75, 3.05) is 4.90 Å². The van der Waals surface area contributed by atoms with Crippen LogP contribution in [0.3, 0.4) is 0 Å². The molecule has 172 valence electrons. The van der Waals surface area contributed by atoms with Crippen LogP contribution in [0.25, 0.3) is 5.69 Å². The Bertz CT molecular complexity index is 1360. The van der Waals surface area contributed by atoms with Gasteiger partial charge in [-0.05, 0) is 99.1 Å². The summed E-state index contributed by atoms with van der Waals surface area (Å²) in [5, 5.41) is 5.00. The summed E-state index contributed by atoms with van der Waals surface area (Å²) in [6, 6.07) is 22.7. The quantitative estimate of drug-likeness (QED) is 0.317. The lowest BCUT2D eigenvalue weighted by molar-refractivity contribution is 0.565. The van der Waals surface area contributed by atoms with Gasteiger partial charge >= 0.3 is 0 Å². The topological polar surface area (TPSA) is 33.1 Å². The van der Waals surface area contributed by atoms with Crippen LogP contribution in [0.5, 0.6) is 0 Å². The van der Waals surface area contributed by atoms with Gasteiger partial charge in [0.1, 0.15) is 0 Å². The fraction of sp³-hybridized carbons (Fsp3) is 0.214. The second-order valence-corrected chi connectivity index (χ2v) is 9.75. The first-order valence-corrected chi connectivity index (χ1v) is 12.2. The molecule has 0 radical (unpaired) electrons. The Labute approximate surface area is 211 Å². The molecule has 0 unspecified atom stereocenters. The van der Waals surface area contributed by atoms with Crippen LogP contribution in [-0.4, -0.2) is 14.7 Å². The highest BCUT2D eigenvalue weighted by Crippen LogP contribution is 2.44. The molecule has 1 N–H and O–H groups in total. The van der Waals surface area contributed by atoms with Crippen molar-refractivity contribution in [1.82, 2.24) is 14.9 Å². The van der Waals surface area contributed by atoms with E-state index in [-0.39, 0.29) is 12.1 Å². The van der Waals surface area contributed by atoms with Crippen molar-refractivity contribution in [2.45, 2.75) is 39.8 Å². The fourth-order valence-electron chi connectivity index (χ4n) is 5.13. The van der Waals surface area contributed by atoms with Gasteiger partial charge in [0.25, 0.3) is 0 Å². The molecule has 2 atom stereocenters. The highest BCUT2D eigenvalue weighted by atomic mass is 35.5. The predicted molar refractivity (Wildman–Crippen MR) is 144 cm³/mol. The molecule has 4 aromatic rings. The van der Waals surface area contributed by atoms with Crippen LogP contribution >= 0.6 is 23.8 Å². The maximum atomic E-state index is 6.60. The fourth-order valence-corrected chi connectivity index (χ4v) is 5.70. The number of aryl methyl sites for hydroxylation is 3. The van der Waals surface area contributed by atoms with Crippen molar-refractivity contribution in [3.63, 3.8) is 0 Å². The van der Waals surface area contributed by atoms with Crippen LogP contribution in [0.2, 0.25) is 5.02 Å². The first kappa shape index (κ1) is 22.6. The molecule has 1 aliphatic rings. The number of nitrogens with zero attached hydrogens (tertiary/aromatic N) is 3. The Hall–Kier alpha value is -3.15. The number of halogens is 1. The Morgan fingerprint density at radius 1 is 0.912 bits per heavy atom. The molecule has 0 saturated carbocycles.